The maximum atomic E-state index is 5.94. The number of aromatic nitrogens is 1. The number of pyridine rings is 1. The van der Waals surface area contributed by atoms with Crippen LogP contribution in [0, 0.1) is 6.92 Å². The van der Waals surface area contributed by atoms with E-state index in [1.165, 1.54) is 44.3 Å². The molecule has 1 N–H and O–H groups in total. The van der Waals surface area contributed by atoms with Crippen LogP contribution in [0.1, 0.15) is 54.7 Å². The first-order valence-corrected chi connectivity index (χ1v) is 9.23. The zero-order valence-corrected chi connectivity index (χ0v) is 14.4. The minimum atomic E-state index is 0.376. The highest BCUT2D eigenvalue weighted by Gasteiger charge is 2.32. The van der Waals surface area contributed by atoms with Crippen LogP contribution in [0.2, 0.25) is 0 Å². The number of rotatable bonds is 6. The van der Waals surface area contributed by atoms with Gasteiger partial charge in [0.25, 0.3) is 0 Å². The van der Waals surface area contributed by atoms with E-state index >= 15 is 0 Å². The van der Waals surface area contributed by atoms with Crippen molar-refractivity contribution in [2.45, 2.75) is 50.6 Å². The topological polar surface area (TPSA) is 41.3 Å². The quantitative estimate of drug-likeness (QED) is 0.880. The smallest absolute Gasteiger partial charge is 0.122 e. The van der Waals surface area contributed by atoms with Crippen LogP contribution in [-0.4, -0.2) is 35.6 Å². The highest BCUT2D eigenvalue weighted by Crippen LogP contribution is 2.37. The van der Waals surface area contributed by atoms with Gasteiger partial charge in [-0.2, -0.15) is 0 Å². The maximum Gasteiger partial charge on any atom is 0.122 e. The number of furan rings is 1. The molecule has 2 aromatic rings. The molecule has 0 spiro atoms. The Morgan fingerprint density at radius 1 is 1.17 bits per heavy atom. The molecule has 4 nitrogen and oxygen atoms in total. The fourth-order valence-electron chi connectivity index (χ4n) is 4.07. The molecule has 0 radical (unpaired) electrons. The van der Waals surface area contributed by atoms with Gasteiger partial charge in [-0.3, -0.25) is 9.88 Å². The molecule has 24 heavy (non-hydrogen) atoms. The Labute approximate surface area is 144 Å². The van der Waals surface area contributed by atoms with Crippen LogP contribution in [0.5, 0.6) is 0 Å². The average molecular weight is 325 g/mol. The first-order chi connectivity index (χ1) is 11.8. The molecule has 2 aromatic heterocycles. The summed E-state index contributed by atoms with van der Waals surface area (Å²) < 4.78 is 5.94. The van der Waals surface area contributed by atoms with E-state index in [2.05, 4.69) is 39.5 Å². The Kier molecular flexibility index (Phi) is 4.67. The van der Waals surface area contributed by atoms with Gasteiger partial charge in [-0.05, 0) is 81.4 Å². The summed E-state index contributed by atoms with van der Waals surface area (Å²) in [7, 11) is 0. The largest absolute Gasteiger partial charge is 0.465 e. The van der Waals surface area contributed by atoms with Crippen molar-refractivity contribution in [3.05, 3.63) is 53.7 Å². The first-order valence-electron chi connectivity index (χ1n) is 9.23. The number of hydrogen-bond donors (Lipinski definition) is 1. The second-order valence-electron chi connectivity index (χ2n) is 7.26. The second kappa shape index (κ2) is 7.08. The van der Waals surface area contributed by atoms with E-state index in [4.69, 9.17) is 4.42 Å². The van der Waals surface area contributed by atoms with Crippen molar-refractivity contribution < 1.29 is 4.42 Å². The summed E-state index contributed by atoms with van der Waals surface area (Å²) in [4.78, 5) is 6.69. The van der Waals surface area contributed by atoms with Crippen LogP contribution in [0.15, 0.2) is 41.1 Å². The van der Waals surface area contributed by atoms with Gasteiger partial charge in [0.2, 0.25) is 0 Å². The van der Waals surface area contributed by atoms with Crippen LogP contribution < -0.4 is 5.32 Å². The molecule has 4 heteroatoms. The Hall–Kier alpha value is -1.65. The summed E-state index contributed by atoms with van der Waals surface area (Å²) >= 11 is 0. The van der Waals surface area contributed by atoms with E-state index in [0.717, 1.165) is 18.1 Å². The molecule has 1 unspecified atom stereocenters. The lowest BCUT2D eigenvalue weighted by molar-refractivity contribution is 0.187. The summed E-state index contributed by atoms with van der Waals surface area (Å²) in [5, 5.41) is 3.79. The number of nitrogens with one attached hydrogen (secondary N) is 1. The molecule has 2 fully saturated rings. The van der Waals surface area contributed by atoms with Gasteiger partial charge in [-0.15, -0.1) is 0 Å². The number of likely N-dealkylation sites (tertiary alicyclic amines) is 1. The van der Waals surface area contributed by atoms with Crippen molar-refractivity contribution in [3.63, 3.8) is 0 Å². The van der Waals surface area contributed by atoms with Gasteiger partial charge in [0.1, 0.15) is 11.5 Å². The molecule has 2 aliphatic rings. The fraction of sp³-hybridized carbons (Fsp3) is 0.550. The SMILES string of the molecule is Cc1ccc(C(CNC2CC(c3ccncc3)C2)N2CCCC2)o1. The third-order valence-corrected chi connectivity index (χ3v) is 5.59. The maximum absolute atomic E-state index is 5.94. The molecule has 0 amide bonds. The second-order valence-corrected chi connectivity index (χ2v) is 7.26. The Bertz CT molecular complexity index is 642. The molecule has 0 bridgehead atoms. The lowest BCUT2D eigenvalue weighted by atomic mass is 9.76. The zero-order valence-electron chi connectivity index (χ0n) is 14.4. The van der Waals surface area contributed by atoms with Crippen LogP contribution in [0.4, 0.5) is 0 Å². The molecular formula is C20H27N3O. The lowest BCUT2D eigenvalue weighted by Crippen LogP contribution is -2.44. The van der Waals surface area contributed by atoms with E-state index in [0.29, 0.717) is 18.0 Å². The average Bonchev–Trinajstić information content (AvgIpc) is 3.22. The summed E-state index contributed by atoms with van der Waals surface area (Å²) in [6, 6.07) is 9.55. The van der Waals surface area contributed by atoms with Crippen molar-refractivity contribution in [2.24, 2.45) is 0 Å². The predicted octanol–water partition coefficient (Wildman–Crippen LogP) is 3.66. The van der Waals surface area contributed by atoms with Gasteiger partial charge in [-0.25, -0.2) is 0 Å². The van der Waals surface area contributed by atoms with Crippen molar-refractivity contribution in [1.82, 2.24) is 15.2 Å². The van der Waals surface area contributed by atoms with Gasteiger partial charge in [-0.1, -0.05) is 0 Å². The third kappa shape index (κ3) is 3.40. The standard InChI is InChI=1S/C20H27N3O/c1-15-4-5-20(24-15)19(23-10-2-3-11-23)14-22-18-12-17(13-18)16-6-8-21-9-7-16/h4-9,17-19,22H,2-3,10-14H2,1H3. The predicted molar refractivity (Wildman–Crippen MR) is 95.0 cm³/mol. The lowest BCUT2D eigenvalue weighted by Gasteiger charge is -2.38. The highest BCUT2D eigenvalue weighted by molar-refractivity contribution is 5.20. The van der Waals surface area contributed by atoms with Gasteiger partial charge in [0, 0.05) is 25.0 Å². The van der Waals surface area contributed by atoms with Gasteiger partial charge in [0.05, 0.1) is 6.04 Å². The molecule has 1 aliphatic carbocycles. The van der Waals surface area contributed by atoms with Crippen LogP contribution >= 0.6 is 0 Å². The monoisotopic (exact) mass is 325 g/mol. The third-order valence-electron chi connectivity index (χ3n) is 5.59. The minimum absolute atomic E-state index is 0.376. The molecule has 1 atom stereocenters. The van der Waals surface area contributed by atoms with Gasteiger partial charge < -0.3 is 9.73 Å². The van der Waals surface area contributed by atoms with E-state index in [1.54, 1.807) is 0 Å². The first kappa shape index (κ1) is 15.9. The Balaban J connectivity index is 1.33. The number of aryl methyl sites for hydroxylation is 1. The molecule has 0 aromatic carbocycles. The Morgan fingerprint density at radius 2 is 1.92 bits per heavy atom. The fourth-order valence-corrected chi connectivity index (χ4v) is 4.07. The molecule has 1 aliphatic heterocycles. The van der Waals surface area contributed by atoms with Crippen molar-refractivity contribution in [1.29, 1.82) is 0 Å². The summed E-state index contributed by atoms with van der Waals surface area (Å²) in [5.74, 6) is 2.82. The minimum Gasteiger partial charge on any atom is -0.465 e. The molecule has 4 rings (SSSR count). The molecule has 3 heterocycles. The van der Waals surface area contributed by atoms with Gasteiger partial charge in [0.15, 0.2) is 0 Å². The van der Waals surface area contributed by atoms with Crippen LogP contribution in [-0.2, 0) is 0 Å². The molecule has 1 saturated heterocycles. The summed E-state index contributed by atoms with van der Waals surface area (Å²) in [6.07, 6.45) is 8.88. The molecular weight excluding hydrogens is 298 g/mol. The van der Waals surface area contributed by atoms with E-state index in [1.807, 2.05) is 19.3 Å². The van der Waals surface area contributed by atoms with Crippen molar-refractivity contribution in [3.8, 4) is 0 Å². The Morgan fingerprint density at radius 3 is 2.58 bits per heavy atom. The summed E-state index contributed by atoms with van der Waals surface area (Å²) in [6.45, 7) is 5.40. The number of nitrogens with zero attached hydrogens (tertiary/aromatic N) is 2. The number of hydrogen-bond acceptors (Lipinski definition) is 4. The van der Waals surface area contributed by atoms with Crippen molar-refractivity contribution >= 4 is 0 Å². The van der Waals surface area contributed by atoms with Crippen molar-refractivity contribution in [2.75, 3.05) is 19.6 Å². The molecule has 128 valence electrons. The molecule has 1 saturated carbocycles. The van der Waals surface area contributed by atoms with E-state index in [9.17, 15) is 0 Å². The summed E-state index contributed by atoms with van der Waals surface area (Å²) in [5.41, 5.74) is 1.43. The van der Waals surface area contributed by atoms with Gasteiger partial charge >= 0.3 is 0 Å². The normalized spacial score (nSPS) is 25.5. The van der Waals surface area contributed by atoms with Crippen LogP contribution in [0.3, 0.4) is 0 Å². The van der Waals surface area contributed by atoms with Crippen LogP contribution in [0.25, 0.3) is 0 Å². The van der Waals surface area contributed by atoms with E-state index < -0.39 is 0 Å². The van der Waals surface area contributed by atoms with E-state index in [-0.39, 0.29) is 0 Å². The zero-order chi connectivity index (χ0) is 16.4. The highest BCUT2D eigenvalue weighted by atomic mass is 16.3.